The molecule has 2 aromatic rings. The molecule has 1 aliphatic heterocycles. The van der Waals surface area contributed by atoms with Crippen molar-refractivity contribution in [2.24, 2.45) is 0 Å². The zero-order valence-electron chi connectivity index (χ0n) is 31.5. The molecule has 13 nitrogen and oxygen atoms in total. The fourth-order valence-electron chi connectivity index (χ4n) is 6.04. The van der Waals surface area contributed by atoms with Gasteiger partial charge in [-0.3, -0.25) is 4.55 Å². The number of fused-ring (bicyclic) bond motifs is 2. The molecule has 0 aromatic heterocycles. The number of hydrogen-bond acceptors (Lipinski definition) is 10. The van der Waals surface area contributed by atoms with E-state index in [-0.39, 0.29) is 43.0 Å². The molecule has 0 bridgehead atoms. The van der Waals surface area contributed by atoms with Gasteiger partial charge in [0.05, 0.1) is 11.0 Å². The lowest BCUT2D eigenvalue weighted by Crippen LogP contribution is -2.37. The number of anilines is 1. The predicted molar refractivity (Wildman–Crippen MR) is 208 cm³/mol. The molecule has 15 heteroatoms. The average molecular weight is 783 g/mol. The van der Waals surface area contributed by atoms with Crippen LogP contribution in [0, 0.1) is 0 Å². The van der Waals surface area contributed by atoms with Crippen LogP contribution in [-0.4, -0.2) is 90.1 Å². The van der Waals surface area contributed by atoms with Crippen LogP contribution in [0.2, 0.25) is 0 Å². The monoisotopic (exact) mass is 782 g/mol. The molecule has 0 saturated heterocycles. The van der Waals surface area contributed by atoms with Crippen molar-refractivity contribution in [3.8, 4) is 22.5 Å². The summed E-state index contributed by atoms with van der Waals surface area (Å²) >= 11 is 0. The Morgan fingerprint density at radius 3 is 1.89 bits per heavy atom. The van der Waals surface area contributed by atoms with Crippen molar-refractivity contribution in [2.75, 3.05) is 57.4 Å². The zero-order chi connectivity index (χ0) is 40.0. The van der Waals surface area contributed by atoms with Crippen LogP contribution in [0.5, 0.6) is 0 Å². The number of esters is 2. The highest BCUT2D eigenvalue weighted by molar-refractivity contribution is 7.89. The van der Waals surface area contributed by atoms with Crippen LogP contribution in [0.3, 0.4) is 0 Å². The number of benzene rings is 3. The molecule has 1 aliphatic carbocycles. The minimum atomic E-state index is -5.05. The Kier molecular flexibility index (Phi) is 13.6. The first-order chi connectivity index (χ1) is 25.5. The summed E-state index contributed by atoms with van der Waals surface area (Å²) in [6.07, 6.45) is 0. The summed E-state index contributed by atoms with van der Waals surface area (Å²) in [5.41, 5.74) is 2.55. The number of ether oxygens (including phenoxy) is 2. The molecule has 0 saturated carbocycles. The number of rotatable bonds is 17. The lowest BCUT2D eigenvalue weighted by atomic mass is 9.93. The van der Waals surface area contributed by atoms with Crippen molar-refractivity contribution < 1.29 is 44.9 Å². The second-order valence-electron chi connectivity index (χ2n) is 12.6. The Morgan fingerprint density at radius 1 is 0.796 bits per heavy atom. The largest absolute Gasteiger partial charge is 0.461 e. The molecule has 0 radical (unpaired) electrons. The van der Waals surface area contributed by atoms with E-state index in [1.165, 1.54) is 26.0 Å². The van der Waals surface area contributed by atoms with Crippen molar-refractivity contribution in [3.05, 3.63) is 84.3 Å². The SMILES string of the molecule is C=C(C)C(=O)OCCN(CCOC(=O)C(=C)C)S(=O)(=O)c1ccc(-c2c3ccc(=[N+](CC)CC)cc-3oc3cc(N(CC)CC)ccc23)c(S(=O)(=O)O)c1. The van der Waals surface area contributed by atoms with E-state index >= 15 is 0 Å². The molecule has 0 unspecified atom stereocenters. The Hall–Kier alpha value is -4.83. The minimum Gasteiger partial charge on any atom is -0.461 e. The van der Waals surface area contributed by atoms with Crippen LogP contribution in [0.1, 0.15) is 41.5 Å². The first kappa shape index (κ1) is 41.9. The number of nitrogens with zero attached hydrogens (tertiary/aromatic N) is 3. The standard InChI is InChI=1S/C39H47N3O10S2/c1-9-40(10-2)28-13-16-31-34(23-28)52-35-24-29(41(11-3)12-4)14-17-32(35)37(31)33-18-15-30(25-36(33)54(47,48)49)53(45,46)42(19-21-50-38(43)26(5)6)20-22-51-39(44)27(7)8/h13-18,23-25H,5,7,9-12,19-22H2,1-4,6,8H3/p+1. The number of carbonyl (C=O) groups is 2. The zero-order valence-corrected chi connectivity index (χ0v) is 33.2. The van der Waals surface area contributed by atoms with Crippen molar-refractivity contribution >= 4 is 48.7 Å². The summed E-state index contributed by atoms with van der Waals surface area (Å²) in [6.45, 7) is 19.5. The molecule has 0 amide bonds. The van der Waals surface area contributed by atoms with E-state index in [0.717, 1.165) is 47.6 Å². The first-order valence-corrected chi connectivity index (χ1v) is 20.5. The van der Waals surface area contributed by atoms with Gasteiger partial charge in [0.15, 0.2) is 0 Å². The molecule has 1 N–H and O–H groups in total. The molecule has 0 fully saturated rings. The van der Waals surface area contributed by atoms with Crippen molar-refractivity contribution in [3.63, 3.8) is 0 Å². The maximum Gasteiger partial charge on any atom is 0.333 e. The van der Waals surface area contributed by atoms with Crippen molar-refractivity contribution in [1.29, 1.82) is 0 Å². The fourth-order valence-corrected chi connectivity index (χ4v) is 8.27. The van der Waals surface area contributed by atoms with Crippen LogP contribution >= 0.6 is 0 Å². The van der Waals surface area contributed by atoms with Gasteiger partial charge in [-0.15, -0.1) is 0 Å². The van der Waals surface area contributed by atoms with Crippen LogP contribution < -0.4 is 14.8 Å². The molecular formula is C39H48N3O10S2+. The highest BCUT2D eigenvalue weighted by Gasteiger charge is 2.30. The third kappa shape index (κ3) is 9.27. The molecule has 54 heavy (non-hydrogen) atoms. The van der Waals surface area contributed by atoms with Crippen LogP contribution in [0.25, 0.3) is 33.4 Å². The Balaban J connectivity index is 1.96. The van der Waals surface area contributed by atoms with Gasteiger partial charge in [0, 0.05) is 77.2 Å². The first-order valence-electron chi connectivity index (χ1n) is 17.6. The van der Waals surface area contributed by atoms with Gasteiger partial charge < -0.3 is 18.8 Å². The molecule has 0 atom stereocenters. The molecule has 290 valence electrons. The smallest absolute Gasteiger partial charge is 0.333 e. The maximum atomic E-state index is 14.1. The lowest BCUT2D eigenvalue weighted by Gasteiger charge is -2.24. The normalized spacial score (nSPS) is 11.9. The molecule has 1 heterocycles. The van der Waals surface area contributed by atoms with E-state index in [4.69, 9.17) is 13.9 Å². The van der Waals surface area contributed by atoms with Crippen LogP contribution in [0.4, 0.5) is 5.69 Å². The van der Waals surface area contributed by atoms with E-state index < -0.39 is 41.9 Å². The van der Waals surface area contributed by atoms with Gasteiger partial charge in [-0.05, 0) is 71.9 Å². The third-order valence-corrected chi connectivity index (χ3v) is 11.7. The third-order valence-electron chi connectivity index (χ3n) is 8.93. The predicted octanol–water partition coefficient (Wildman–Crippen LogP) is 5.34. The van der Waals surface area contributed by atoms with E-state index in [1.54, 1.807) is 0 Å². The van der Waals surface area contributed by atoms with Gasteiger partial charge in [0.1, 0.15) is 42.5 Å². The molecule has 2 aliphatic rings. The van der Waals surface area contributed by atoms with Gasteiger partial charge >= 0.3 is 11.9 Å². The number of hydrogen-bond donors (Lipinski definition) is 1. The molecule has 4 rings (SSSR count). The Bertz CT molecular complexity index is 2310. The number of carbonyl (C=O) groups excluding carboxylic acids is 2. The summed E-state index contributed by atoms with van der Waals surface area (Å²) < 4.78 is 85.1. The highest BCUT2D eigenvalue weighted by atomic mass is 32.2. The van der Waals surface area contributed by atoms with Gasteiger partial charge in [0.25, 0.3) is 10.1 Å². The molecular weight excluding hydrogens is 735 g/mol. The van der Waals surface area contributed by atoms with E-state index in [0.29, 0.717) is 27.9 Å². The summed E-state index contributed by atoms with van der Waals surface area (Å²) in [7, 11) is -9.60. The fraction of sp³-hybridized carbons (Fsp3) is 0.359. The topological polar surface area (TPSA) is 164 Å². The molecule has 0 spiro atoms. The van der Waals surface area contributed by atoms with Gasteiger partial charge in [-0.2, -0.15) is 12.7 Å². The van der Waals surface area contributed by atoms with Gasteiger partial charge in [0.2, 0.25) is 15.4 Å². The number of sulfonamides is 1. The van der Waals surface area contributed by atoms with Crippen LogP contribution in [-0.2, 0) is 39.2 Å². The summed E-state index contributed by atoms with van der Waals surface area (Å²) in [6, 6.07) is 14.6. The Labute approximate surface area is 316 Å². The lowest BCUT2D eigenvalue weighted by molar-refractivity contribution is -0.139. The van der Waals surface area contributed by atoms with Gasteiger partial charge in [-0.25, -0.2) is 22.6 Å². The summed E-state index contributed by atoms with van der Waals surface area (Å²) in [5, 5.41) is 1.43. The van der Waals surface area contributed by atoms with E-state index in [9.17, 15) is 31.0 Å². The summed E-state index contributed by atoms with van der Waals surface area (Å²) in [5.74, 6) is -1.01. The van der Waals surface area contributed by atoms with E-state index in [2.05, 4.69) is 22.6 Å². The second-order valence-corrected chi connectivity index (χ2v) is 15.9. The average Bonchev–Trinajstić information content (AvgIpc) is 3.13. The summed E-state index contributed by atoms with van der Waals surface area (Å²) in [4.78, 5) is 25.1. The molecule has 2 aromatic carbocycles. The van der Waals surface area contributed by atoms with Crippen LogP contribution in [0.15, 0.2) is 93.1 Å². The quantitative estimate of drug-likeness (QED) is 0.0484. The van der Waals surface area contributed by atoms with Crippen molar-refractivity contribution in [2.45, 2.75) is 51.3 Å². The van der Waals surface area contributed by atoms with E-state index in [1.807, 2.05) is 64.1 Å². The van der Waals surface area contributed by atoms with Crippen molar-refractivity contribution in [1.82, 2.24) is 8.88 Å². The second kappa shape index (κ2) is 17.5. The Morgan fingerprint density at radius 2 is 1.37 bits per heavy atom. The maximum absolute atomic E-state index is 14.1. The van der Waals surface area contributed by atoms with Gasteiger partial charge in [-0.1, -0.05) is 19.2 Å². The minimum absolute atomic E-state index is 0.0470. The highest BCUT2D eigenvalue weighted by Crippen LogP contribution is 2.43.